The predicted molar refractivity (Wildman–Crippen MR) is 76.7 cm³/mol. The van der Waals surface area contributed by atoms with Gasteiger partial charge in [0.05, 0.1) is 0 Å². The standard InChI is InChI=1S/C13H14N6S/c1-8(10-6-15-7-10)12-18-19-11(16-17-13(19)20-12)9-3-2-4-14-5-9/h2-5,8,10,15H,6-7H2,1H3. The van der Waals surface area contributed by atoms with Gasteiger partial charge >= 0.3 is 0 Å². The van der Waals surface area contributed by atoms with Crippen LogP contribution in [-0.4, -0.2) is 37.9 Å². The minimum absolute atomic E-state index is 0.463. The molecule has 1 fully saturated rings. The molecule has 6 nitrogen and oxygen atoms in total. The monoisotopic (exact) mass is 286 g/mol. The molecular weight excluding hydrogens is 272 g/mol. The highest BCUT2D eigenvalue weighted by Gasteiger charge is 2.28. The van der Waals surface area contributed by atoms with E-state index in [-0.39, 0.29) is 0 Å². The maximum Gasteiger partial charge on any atom is 0.234 e. The molecule has 1 N–H and O–H groups in total. The zero-order valence-corrected chi connectivity index (χ0v) is 11.8. The third kappa shape index (κ3) is 1.82. The topological polar surface area (TPSA) is 68.0 Å². The van der Waals surface area contributed by atoms with Gasteiger partial charge in [-0.3, -0.25) is 4.98 Å². The fraction of sp³-hybridized carbons (Fsp3) is 0.385. The highest BCUT2D eigenvalue weighted by molar-refractivity contribution is 7.16. The molecule has 3 aromatic rings. The Morgan fingerprint density at radius 3 is 3.00 bits per heavy atom. The lowest BCUT2D eigenvalue weighted by Crippen LogP contribution is -2.44. The van der Waals surface area contributed by atoms with E-state index in [0.29, 0.717) is 11.8 Å². The average Bonchev–Trinajstić information content (AvgIpc) is 2.97. The number of fused-ring (bicyclic) bond motifs is 1. The number of nitrogens with zero attached hydrogens (tertiary/aromatic N) is 5. The van der Waals surface area contributed by atoms with Crippen LogP contribution in [0.5, 0.6) is 0 Å². The van der Waals surface area contributed by atoms with Crippen molar-refractivity contribution >= 4 is 16.3 Å². The van der Waals surface area contributed by atoms with E-state index < -0.39 is 0 Å². The summed E-state index contributed by atoms with van der Waals surface area (Å²) in [5.74, 6) is 1.90. The number of pyridine rings is 1. The van der Waals surface area contributed by atoms with Crippen molar-refractivity contribution in [2.24, 2.45) is 5.92 Å². The van der Waals surface area contributed by atoms with E-state index in [1.807, 2.05) is 16.6 Å². The minimum atomic E-state index is 0.463. The molecule has 3 aromatic heterocycles. The summed E-state index contributed by atoms with van der Waals surface area (Å²) in [4.78, 5) is 4.97. The number of hydrogen-bond donors (Lipinski definition) is 1. The van der Waals surface area contributed by atoms with Gasteiger partial charge in [-0.05, 0) is 31.1 Å². The number of nitrogens with one attached hydrogen (secondary N) is 1. The van der Waals surface area contributed by atoms with E-state index in [1.165, 1.54) is 0 Å². The van der Waals surface area contributed by atoms with Crippen LogP contribution in [0.25, 0.3) is 16.3 Å². The molecule has 0 saturated carbocycles. The number of aromatic nitrogens is 5. The van der Waals surface area contributed by atoms with Gasteiger partial charge in [-0.1, -0.05) is 18.3 Å². The van der Waals surface area contributed by atoms with Crippen LogP contribution in [0.1, 0.15) is 17.8 Å². The fourth-order valence-electron chi connectivity index (χ4n) is 2.36. The highest BCUT2D eigenvalue weighted by atomic mass is 32.1. The first-order valence-corrected chi connectivity index (χ1v) is 7.48. The van der Waals surface area contributed by atoms with Crippen molar-refractivity contribution in [2.45, 2.75) is 12.8 Å². The largest absolute Gasteiger partial charge is 0.316 e. The Morgan fingerprint density at radius 1 is 1.40 bits per heavy atom. The van der Waals surface area contributed by atoms with E-state index in [0.717, 1.165) is 34.4 Å². The van der Waals surface area contributed by atoms with Gasteiger partial charge in [0.25, 0.3) is 0 Å². The molecule has 0 spiro atoms. The molecule has 7 heteroatoms. The lowest BCUT2D eigenvalue weighted by Gasteiger charge is -2.31. The summed E-state index contributed by atoms with van der Waals surface area (Å²) < 4.78 is 1.83. The van der Waals surface area contributed by atoms with Gasteiger partial charge in [0.1, 0.15) is 5.01 Å². The Bertz CT molecular complexity index is 730. The Labute approximate surface area is 119 Å². The van der Waals surface area contributed by atoms with Gasteiger partial charge in [-0.15, -0.1) is 10.2 Å². The van der Waals surface area contributed by atoms with Crippen molar-refractivity contribution in [1.82, 2.24) is 30.1 Å². The summed E-state index contributed by atoms with van der Waals surface area (Å²) >= 11 is 1.63. The van der Waals surface area contributed by atoms with Gasteiger partial charge in [0, 0.05) is 23.9 Å². The first-order chi connectivity index (χ1) is 9.83. The average molecular weight is 286 g/mol. The summed E-state index contributed by atoms with van der Waals surface area (Å²) in [6, 6.07) is 3.87. The third-order valence-corrected chi connectivity index (χ3v) is 4.94. The molecule has 0 aromatic carbocycles. The van der Waals surface area contributed by atoms with E-state index in [2.05, 4.69) is 27.4 Å². The Kier molecular flexibility index (Phi) is 2.75. The number of rotatable bonds is 3. The molecule has 4 rings (SSSR count). The molecule has 0 radical (unpaired) electrons. The van der Waals surface area contributed by atoms with Crippen molar-refractivity contribution in [3.63, 3.8) is 0 Å². The predicted octanol–water partition coefficient (Wildman–Crippen LogP) is 1.57. The maximum absolute atomic E-state index is 4.71. The van der Waals surface area contributed by atoms with Gasteiger partial charge in [-0.2, -0.15) is 9.61 Å². The molecule has 102 valence electrons. The van der Waals surface area contributed by atoms with Crippen molar-refractivity contribution in [1.29, 1.82) is 0 Å². The lowest BCUT2D eigenvalue weighted by atomic mass is 9.90. The minimum Gasteiger partial charge on any atom is -0.316 e. The van der Waals surface area contributed by atoms with Gasteiger partial charge < -0.3 is 5.32 Å². The van der Waals surface area contributed by atoms with Crippen LogP contribution in [0, 0.1) is 5.92 Å². The summed E-state index contributed by atoms with van der Waals surface area (Å²) in [7, 11) is 0. The van der Waals surface area contributed by atoms with Crippen LogP contribution < -0.4 is 5.32 Å². The van der Waals surface area contributed by atoms with Gasteiger partial charge in [0.2, 0.25) is 4.96 Å². The third-order valence-electron chi connectivity index (χ3n) is 3.84. The molecule has 1 saturated heterocycles. The molecule has 0 aliphatic carbocycles. The van der Waals surface area contributed by atoms with E-state index in [1.54, 1.807) is 23.7 Å². The Balaban J connectivity index is 1.75. The number of hydrogen-bond acceptors (Lipinski definition) is 6. The molecule has 4 heterocycles. The molecule has 20 heavy (non-hydrogen) atoms. The van der Waals surface area contributed by atoms with Crippen LogP contribution in [-0.2, 0) is 0 Å². The van der Waals surface area contributed by atoms with Crippen LogP contribution in [0.3, 0.4) is 0 Å². The molecule has 0 bridgehead atoms. The lowest BCUT2D eigenvalue weighted by molar-refractivity contribution is 0.301. The first kappa shape index (κ1) is 11.9. The second-order valence-electron chi connectivity index (χ2n) is 5.11. The van der Waals surface area contributed by atoms with Crippen molar-refractivity contribution in [2.75, 3.05) is 13.1 Å². The summed E-state index contributed by atoms with van der Waals surface area (Å²) in [5.41, 5.74) is 0.940. The Morgan fingerprint density at radius 2 is 2.30 bits per heavy atom. The SMILES string of the molecule is CC(c1nn2c(-c3cccnc3)nnc2s1)C1CNC1. The van der Waals surface area contributed by atoms with Crippen molar-refractivity contribution < 1.29 is 0 Å². The van der Waals surface area contributed by atoms with Crippen LogP contribution >= 0.6 is 11.3 Å². The van der Waals surface area contributed by atoms with Crippen LogP contribution in [0.15, 0.2) is 24.5 Å². The zero-order chi connectivity index (χ0) is 13.5. The van der Waals surface area contributed by atoms with Crippen molar-refractivity contribution in [3.8, 4) is 11.4 Å². The smallest absolute Gasteiger partial charge is 0.234 e. The molecular formula is C13H14N6S. The van der Waals surface area contributed by atoms with Crippen LogP contribution in [0.2, 0.25) is 0 Å². The Hall–Kier alpha value is -1.86. The molecule has 1 aliphatic rings. The highest BCUT2D eigenvalue weighted by Crippen LogP contribution is 2.31. The molecule has 1 unspecified atom stereocenters. The summed E-state index contributed by atoms with van der Waals surface area (Å²) in [5, 5.41) is 17.6. The van der Waals surface area contributed by atoms with Gasteiger partial charge in [0.15, 0.2) is 5.82 Å². The van der Waals surface area contributed by atoms with E-state index in [9.17, 15) is 0 Å². The molecule has 1 aliphatic heterocycles. The normalized spacial score (nSPS) is 17.2. The van der Waals surface area contributed by atoms with Crippen molar-refractivity contribution in [3.05, 3.63) is 29.5 Å². The first-order valence-electron chi connectivity index (χ1n) is 6.66. The quantitative estimate of drug-likeness (QED) is 0.791. The second-order valence-corrected chi connectivity index (χ2v) is 6.09. The van der Waals surface area contributed by atoms with E-state index >= 15 is 0 Å². The molecule has 0 amide bonds. The zero-order valence-electron chi connectivity index (χ0n) is 11.0. The molecule has 1 atom stereocenters. The van der Waals surface area contributed by atoms with Crippen LogP contribution in [0.4, 0.5) is 0 Å². The van der Waals surface area contributed by atoms with E-state index in [4.69, 9.17) is 5.10 Å². The fourth-order valence-corrected chi connectivity index (χ4v) is 3.34. The summed E-state index contributed by atoms with van der Waals surface area (Å²) in [6.45, 7) is 4.40. The maximum atomic E-state index is 4.71. The van der Waals surface area contributed by atoms with Gasteiger partial charge in [-0.25, -0.2) is 0 Å². The second kappa shape index (κ2) is 4.60. The summed E-state index contributed by atoms with van der Waals surface area (Å²) in [6.07, 6.45) is 3.54.